The van der Waals surface area contributed by atoms with E-state index >= 15 is 0 Å². The number of hydrogen-bond acceptors (Lipinski definition) is 6. The number of aromatic nitrogens is 3. The third kappa shape index (κ3) is 7.02. The molecule has 0 saturated carbocycles. The molecule has 1 aromatic heterocycles. The van der Waals surface area contributed by atoms with E-state index in [1.54, 1.807) is 30.6 Å². The van der Waals surface area contributed by atoms with Crippen molar-refractivity contribution < 1.29 is 32.2 Å². The number of hydrogen-bond donors (Lipinski definition) is 0. The average molecular weight is 532 g/mol. The van der Waals surface area contributed by atoms with Crippen LogP contribution in [0, 0.1) is 0 Å². The normalized spacial score (nSPS) is 16.3. The molecule has 4 rings (SSSR count). The zero-order valence-electron chi connectivity index (χ0n) is 21.2. The zero-order valence-corrected chi connectivity index (χ0v) is 21.2. The summed E-state index contributed by atoms with van der Waals surface area (Å²) in [4.78, 5) is 29.4. The quantitative estimate of drug-likeness (QED) is 0.472. The molecular weight excluding hydrogens is 503 g/mol. The number of carbonyl (C=O) groups is 2. The molecule has 9 nitrogen and oxygen atoms in total. The first kappa shape index (κ1) is 27.0. The van der Waals surface area contributed by atoms with Crippen molar-refractivity contribution in [3.63, 3.8) is 0 Å². The van der Waals surface area contributed by atoms with E-state index in [0.717, 1.165) is 22.4 Å². The first-order valence-corrected chi connectivity index (χ1v) is 12.0. The monoisotopic (exact) mass is 531 g/mol. The summed E-state index contributed by atoms with van der Waals surface area (Å²) < 4.78 is 47.8. The molecule has 0 aliphatic carbocycles. The number of halogens is 3. The largest absolute Gasteiger partial charge is 0.573 e. The van der Waals surface area contributed by atoms with Gasteiger partial charge in [0.15, 0.2) is 0 Å². The second-order valence-electron chi connectivity index (χ2n) is 9.87. The summed E-state index contributed by atoms with van der Waals surface area (Å²) >= 11 is 0. The van der Waals surface area contributed by atoms with Gasteiger partial charge < -0.3 is 19.3 Å². The molecule has 12 heteroatoms. The van der Waals surface area contributed by atoms with Crippen LogP contribution in [0.2, 0.25) is 0 Å². The molecule has 2 aromatic carbocycles. The van der Waals surface area contributed by atoms with Gasteiger partial charge in [-0.2, -0.15) is 4.68 Å². The lowest BCUT2D eigenvalue weighted by Gasteiger charge is -2.41. The third-order valence-corrected chi connectivity index (χ3v) is 5.77. The lowest BCUT2D eigenvalue weighted by molar-refractivity contribution is -0.274. The van der Waals surface area contributed by atoms with Crippen molar-refractivity contribution in [1.82, 2.24) is 24.8 Å². The molecule has 1 atom stereocenters. The van der Waals surface area contributed by atoms with Crippen LogP contribution in [0.4, 0.5) is 22.8 Å². The van der Waals surface area contributed by atoms with Gasteiger partial charge in [0.05, 0.1) is 12.2 Å². The van der Waals surface area contributed by atoms with Gasteiger partial charge in [-0.3, -0.25) is 0 Å². The first-order chi connectivity index (χ1) is 17.9. The highest BCUT2D eigenvalue weighted by molar-refractivity contribution is 5.78. The van der Waals surface area contributed by atoms with Crippen LogP contribution in [0.5, 0.6) is 5.75 Å². The second-order valence-corrected chi connectivity index (χ2v) is 9.87. The highest BCUT2D eigenvalue weighted by Gasteiger charge is 2.35. The molecule has 1 fully saturated rings. The molecule has 0 unspecified atom stereocenters. The first-order valence-electron chi connectivity index (χ1n) is 12.0. The van der Waals surface area contributed by atoms with Crippen molar-refractivity contribution >= 4 is 12.1 Å². The molecule has 202 valence electrons. The number of carbonyl (C=O) groups excluding carboxylic acids is 2. The number of rotatable bonds is 4. The van der Waals surface area contributed by atoms with Crippen LogP contribution in [0.15, 0.2) is 60.8 Å². The van der Waals surface area contributed by atoms with Crippen LogP contribution in [0.1, 0.15) is 26.3 Å². The number of alkyl halides is 3. The van der Waals surface area contributed by atoms with E-state index in [2.05, 4.69) is 15.0 Å². The summed E-state index contributed by atoms with van der Waals surface area (Å²) in [5.41, 5.74) is 1.13. The molecule has 1 aliphatic rings. The number of nitrogens with zero attached hydrogens (tertiary/aromatic N) is 5. The molecule has 1 saturated heterocycles. The highest BCUT2D eigenvalue weighted by Crippen LogP contribution is 2.26. The van der Waals surface area contributed by atoms with Gasteiger partial charge in [0.25, 0.3) is 0 Å². The second kappa shape index (κ2) is 10.7. The maximum atomic E-state index is 13.5. The van der Waals surface area contributed by atoms with E-state index in [-0.39, 0.29) is 31.4 Å². The fourth-order valence-electron chi connectivity index (χ4n) is 4.11. The summed E-state index contributed by atoms with van der Waals surface area (Å²) in [5, 5.41) is 7.97. The predicted molar refractivity (Wildman–Crippen MR) is 131 cm³/mol. The van der Waals surface area contributed by atoms with Crippen LogP contribution in [-0.2, 0) is 11.2 Å². The Balaban J connectivity index is 1.51. The lowest BCUT2D eigenvalue weighted by atomic mass is 10.0. The minimum atomic E-state index is -4.79. The van der Waals surface area contributed by atoms with Gasteiger partial charge in [0.1, 0.15) is 17.0 Å². The van der Waals surface area contributed by atoms with E-state index in [0.29, 0.717) is 17.7 Å². The SMILES string of the molecule is CC(C)(C)OC(=O)N1CCN(C(=O)n2cc(-c3ccc(OC(F)(F)F)cc3)nn2)[C@H](Cc2ccccc2)C1. The van der Waals surface area contributed by atoms with Crippen LogP contribution in [-0.4, -0.2) is 74.6 Å². The van der Waals surface area contributed by atoms with E-state index in [1.165, 1.54) is 18.3 Å². The van der Waals surface area contributed by atoms with E-state index < -0.39 is 24.1 Å². The average Bonchev–Trinajstić information content (AvgIpc) is 3.33. The molecular formula is C26H28F3N5O4. The minimum absolute atomic E-state index is 0.258. The topological polar surface area (TPSA) is 89.8 Å². The molecule has 0 radical (unpaired) electrons. The van der Waals surface area contributed by atoms with Gasteiger partial charge in [-0.05, 0) is 57.0 Å². The van der Waals surface area contributed by atoms with Crippen molar-refractivity contribution in [3.8, 4) is 17.0 Å². The molecule has 1 aliphatic heterocycles. The van der Waals surface area contributed by atoms with E-state index in [1.807, 2.05) is 30.3 Å². The molecule has 3 aromatic rings. The van der Waals surface area contributed by atoms with Crippen LogP contribution >= 0.6 is 0 Å². The molecule has 0 bridgehead atoms. The van der Waals surface area contributed by atoms with Gasteiger partial charge >= 0.3 is 18.5 Å². The van der Waals surface area contributed by atoms with Gasteiger partial charge in [0.2, 0.25) is 0 Å². The Morgan fingerprint density at radius 3 is 2.32 bits per heavy atom. The fraction of sp³-hybridized carbons (Fsp3) is 0.385. The smallest absolute Gasteiger partial charge is 0.444 e. The Morgan fingerprint density at radius 1 is 1.00 bits per heavy atom. The van der Waals surface area contributed by atoms with Crippen molar-refractivity contribution in [2.24, 2.45) is 0 Å². The van der Waals surface area contributed by atoms with Gasteiger partial charge in [-0.15, -0.1) is 18.3 Å². The summed E-state index contributed by atoms with van der Waals surface area (Å²) in [5.74, 6) is -0.365. The number of ether oxygens (including phenoxy) is 2. The molecule has 38 heavy (non-hydrogen) atoms. The highest BCUT2D eigenvalue weighted by atomic mass is 19.4. The van der Waals surface area contributed by atoms with Crippen molar-refractivity contribution in [2.75, 3.05) is 19.6 Å². The summed E-state index contributed by atoms with van der Waals surface area (Å²) in [6.45, 7) is 6.21. The van der Waals surface area contributed by atoms with Gasteiger partial charge in [0, 0.05) is 25.2 Å². The maximum absolute atomic E-state index is 13.5. The lowest BCUT2D eigenvalue weighted by Crippen LogP contribution is -2.58. The molecule has 2 amide bonds. The minimum Gasteiger partial charge on any atom is -0.444 e. The maximum Gasteiger partial charge on any atom is 0.573 e. The Labute approximate surface area is 217 Å². The number of piperazine rings is 1. The van der Waals surface area contributed by atoms with Gasteiger partial charge in [-0.1, -0.05) is 35.5 Å². The summed E-state index contributed by atoms with van der Waals surface area (Å²) in [6, 6.07) is 14.0. The number of benzene rings is 2. The van der Waals surface area contributed by atoms with E-state index in [9.17, 15) is 22.8 Å². The molecule has 2 heterocycles. The van der Waals surface area contributed by atoms with Crippen molar-refractivity contribution in [1.29, 1.82) is 0 Å². The zero-order chi connectivity index (χ0) is 27.5. The van der Waals surface area contributed by atoms with Crippen molar-refractivity contribution in [2.45, 2.75) is 45.2 Å². The summed E-state index contributed by atoms with van der Waals surface area (Å²) in [6.07, 6.45) is -3.31. The van der Waals surface area contributed by atoms with Gasteiger partial charge in [-0.25, -0.2) is 9.59 Å². The Morgan fingerprint density at radius 2 is 1.68 bits per heavy atom. The third-order valence-electron chi connectivity index (χ3n) is 5.77. The standard InChI is InChI=1S/C26H28F3N5O4/c1-25(2,3)38-24(36)32-13-14-33(20(16-32)15-18-7-5-4-6-8-18)23(35)34-17-22(30-31-34)19-9-11-21(12-10-19)37-26(27,28)29/h4-12,17,20H,13-16H2,1-3H3/t20-/m1/s1. The Kier molecular flexibility index (Phi) is 7.61. The predicted octanol–water partition coefficient (Wildman–Crippen LogP) is 4.98. The molecule has 0 N–H and O–H groups in total. The van der Waals surface area contributed by atoms with Crippen LogP contribution < -0.4 is 4.74 Å². The Hall–Kier alpha value is -4.09. The summed E-state index contributed by atoms with van der Waals surface area (Å²) in [7, 11) is 0. The van der Waals surface area contributed by atoms with E-state index in [4.69, 9.17) is 4.74 Å². The van der Waals surface area contributed by atoms with Crippen molar-refractivity contribution in [3.05, 3.63) is 66.4 Å². The van der Waals surface area contributed by atoms with Crippen LogP contribution in [0.3, 0.4) is 0 Å². The number of amides is 2. The Bertz CT molecular complexity index is 1260. The fourth-order valence-corrected chi connectivity index (χ4v) is 4.11. The molecule has 0 spiro atoms. The van der Waals surface area contributed by atoms with Crippen LogP contribution in [0.25, 0.3) is 11.3 Å².